The highest BCUT2D eigenvalue weighted by Gasteiger charge is 2.08. The summed E-state index contributed by atoms with van der Waals surface area (Å²) in [4.78, 5) is 16.8. The zero-order valence-electron chi connectivity index (χ0n) is 16.2. The number of aryl methyl sites for hydroxylation is 1. The van der Waals surface area contributed by atoms with Gasteiger partial charge in [-0.2, -0.15) is 0 Å². The first kappa shape index (κ1) is 19.4. The Balaban J connectivity index is 1.58. The molecule has 0 saturated carbocycles. The Bertz CT molecular complexity index is 923. The second-order valence-electron chi connectivity index (χ2n) is 6.42. The molecule has 1 aromatic heterocycles. The third-order valence-corrected chi connectivity index (χ3v) is 4.54. The number of amides is 1. The Morgan fingerprint density at radius 3 is 2.61 bits per heavy atom. The third kappa shape index (κ3) is 5.10. The SMILES string of the molecule is CCc1ccccc1Nc1cc(C(=O)NCCc2ccc(OC)cc2)ccn1. The molecule has 144 valence electrons. The van der Waals surface area contributed by atoms with Crippen LogP contribution in [0.3, 0.4) is 0 Å². The molecule has 0 atom stereocenters. The van der Waals surface area contributed by atoms with Gasteiger partial charge in [-0.05, 0) is 54.3 Å². The van der Waals surface area contributed by atoms with E-state index in [0.717, 1.165) is 29.8 Å². The van der Waals surface area contributed by atoms with Crippen molar-refractivity contribution in [3.05, 3.63) is 83.6 Å². The minimum absolute atomic E-state index is 0.109. The van der Waals surface area contributed by atoms with E-state index in [-0.39, 0.29) is 5.91 Å². The lowest BCUT2D eigenvalue weighted by Crippen LogP contribution is -2.25. The monoisotopic (exact) mass is 375 g/mol. The highest BCUT2D eigenvalue weighted by Crippen LogP contribution is 2.20. The molecule has 0 aliphatic carbocycles. The molecule has 0 unspecified atom stereocenters. The molecule has 1 amide bonds. The van der Waals surface area contributed by atoms with E-state index in [0.29, 0.717) is 17.9 Å². The van der Waals surface area contributed by atoms with Crippen LogP contribution < -0.4 is 15.4 Å². The Labute approximate surface area is 165 Å². The summed E-state index contributed by atoms with van der Waals surface area (Å²) in [5.41, 5.74) is 3.95. The van der Waals surface area contributed by atoms with Gasteiger partial charge >= 0.3 is 0 Å². The molecule has 0 aliphatic heterocycles. The van der Waals surface area contributed by atoms with Crippen LogP contribution in [-0.2, 0) is 12.8 Å². The molecule has 2 N–H and O–H groups in total. The Morgan fingerprint density at radius 1 is 1.07 bits per heavy atom. The number of carbonyl (C=O) groups excluding carboxylic acids is 1. The average molecular weight is 375 g/mol. The van der Waals surface area contributed by atoms with Crippen LogP contribution in [0, 0.1) is 0 Å². The molecule has 0 spiro atoms. The molecule has 28 heavy (non-hydrogen) atoms. The van der Waals surface area contributed by atoms with Crippen molar-refractivity contribution in [2.75, 3.05) is 19.0 Å². The lowest BCUT2D eigenvalue weighted by Gasteiger charge is -2.11. The van der Waals surface area contributed by atoms with Crippen LogP contribution in [0.5, 0.6) is 5.75 Å². The van der Waals surface area contributed by atoms with Crippen molar-refractivity contribution in [1.82, 2.24) is 10.3 Å². The van der Waals surface area contributed by atoms with Gasteiger partial charge in [-0.25, -0.2) is 4.98 Å². The minimum Gasteiger partial charge on any atom is -0.497 e. The molecule has 5 nitrogen and oxygen atoms in total. The first-order chi connectivity index (χ1) is 13.7. The van der Waals surface area contributed by atoms with Crippen molar-refractivity contribution in [3.8, 4) is 5.75 Å². The molecule has 0 fully saturated rings. The number of para-hydroxylation sites is 1. The summed E-state index contributed by atoms with van der Waals surface area (Å²) in [7, 11) is 1.65. The van der Waals surface area contributed by atoms with E-state index in [2.05, 4.69) is 28.6 Å². The highest BCUT2D eigenvalue weighted by molar-refractivity contribution is 5.94. The average Bonchev–Trinajstić information content (AvgIpc) is 2.75. The Morgan fingerprint density at radius 2 is 1.86 bits per heavy atom. The molecule has 3 rings (SSSR count). The van der Waals surface area contributed by atoms with Crippen molar-refractivity contribution in [2.45, 2.75) is 19.8 Å². The lowest BCUT2D eigenvalue weighted by molar-refractivity contribution is 0.0954. The summed E-state index contributed by atoms with van der Waals surface area (Å²) >= 11 is 0. The maximum atomic E-state index is 12.5. The molecule has 3 aromatic rings. The number of methoxy groups -OCH3 is 1. The van der Waals surface area contributed by atoms with Crippen molar-refractivity contribution < 1.29 is 9.53 Å². The van der Waals surface area contributed by atoms with Crippen LogP contribution in [0.15, 0.2) is 66.9 Å². The predicted molar refractivity (Wildman–Crippen MR) is 112 cm³/mol. The number of pyridine rings is 1. The Kier molecular flexibility index (Phi) is 6.63. The second kappa shape index (κ2) is 9.55. The first-order valence-corrected chi connectivity index (χ1v) is 9.41. The normalized spacial score (nSPS) is 10.4. The van der Waals surface area contributed by atoms with Gasteiger partial charge in [0.1, 0.15) is 11.6 Å². The summed E-state index contributed by atoms with van der Waals surface area (Å²) in [6.45, 7) is 2.68. The van der Waals surface area contributed by atoms with Gasteiger partial charge in [0.15, 0.2) is 0 Å². The summed E-state index contributed by atoms with van der Waals surface area (Å²) in [5.74, 6) is 1.38. The van der Waals surface area contributed by atoms with Gasteiger partial charge in [-0.1, -0.05) is 37.3 Å². The first-order valence-electron chi connectivity index (χ1n) is 9.41. The van der Waals surface area contributed by atoms with Crippen molar-refractivity contribution in [3.63, 3.8) is 0 Å². The van der Waals surface area contributed by atoms with E-state index >= 15 is 0 Å². The topological polar surface area (TPSA) is 63.2 Å². The minimum atomic E-state index is -0.109. The van der Waals surface area contributed by atoms with E-state index in [1.807, 2.05) is 42.5 Å². The van der Waals surface area contributed by atoms with E-state index in [9.17, 15) is 4.79 Å². The second-order valence-corrected chi connectivity index (χ2v) is 6.42. The Hall–Kier alpha value is -3.34. The standard InChI is InChI=1S/C23H25N3O2/c1-3-18-6-4-5-7-21(18)26-22-16-19(13-15-24-22)23(27)25-14-12-17-8-10-20(28-2)11-9-17/h4-11,13,15-16H,3,12,14H2,1-2H3,(H,24,26)(H,25,27). The smallest absolute Gasteiger partial charge is 0.251 e. The fraction of sp³-hybridized carbons (Fsp3) is 0.217. The number of aromatic nitrogens is 1. The maximum Gasteiger partial charge on any atom is 0.251 e. The molecule has 0 saturated heterocycles. The van der Waals surface area contributed by atoms with Crippen LogP contribution >= 0.6 is 0 Å². The van der Waals surface area contributed by atoms with Crippen molar-refractivity contribution in [1.29, 1.82) is 0 Å². The van der Waals surface area contributed by atoms with Crippen molar-refractivity contribution >= 4 is 17.4 Å². The number of benzene rings is 2. The summed E-state index contributed by atoms with van der Waals surface area (Å²) in [5, 5.41) is 6.27. The number of ether oxygens (including phenoxy) is 1. The number of carbonyl (C=O) groups is 1. The molecule has 5 heteroatoms. The van der Waals surface area contributed by atoms with Gasteiger partial charge < -0.3 is 15.4 Å². The quantitative estimate of drug-likeness (QED) is 0.614. The van der Waals surface area contributed by atoms with Crippen LogP contribution in [0.25, 0.3) is 0 Å². The van der Waals surface area contributed by atoms with Gasteiger partial charge in [-0.3, -0.25) is 4.79 Å². The largest absolute Gasteiger partial charge is 0.497 e. The fourth-order valence-electron chi connectivity index (χ4n) is 2.94. The summed E-state index contributed by atoms with van der Waals surface area (Å²) in [6, 6.07) is 19.4. The van der Waals surface area contributed by atoms with Gasteiger partial charge in [0.2, 0.25) is 0 Å². The molecule has 2 aromatic carbocycles. The van der Waals surface area contributed by atoms with Crippen LogP contribution in [-0.4, -0.2) is 24.5 Å². The number of nitrogens with zero attached hydrogens (tertiary/aromatic N) is 1. The molecule has 1 heterocycles. The molecular weight excluding hydrogens is 350 g/mol. The van der Waals surface area contributed by atoms with Gasteiger partial charge in [-0.15, -0.1) is 0 Å². The summed E-state index contributed by atoms with van der Waals surface area (Å²) < 4.78 is 5.16. The van der Waals surface area contributed by atoms with E-state index in [1.54, 1.807) is 25.4 Å². The predicted octanol–water partition coefficient (Wildman–Crippen LogP) is 4.37. The molecule has 0 aliphatic rings. The van der Waals surface area contributed by atoms with Crippen LogP contribution in [0.4, 0.5) is 11.5 Å². The van der Waals surface area contributed by atoms with E-state index in [1.165, 1.54) is 5.56 Å². The lowest BCUT2D eigenvalue weighted by atomic mass is 10.1. The van der Waals surface area contributed by atoms with Gasteiger partial charge in [0.25, 0.3) is 5.91 Å². The van der Waals surface area contributed by atoms with Gasteiger partial charge in [0, 0.05) is 24.0 Å². The molecular formula is C23H25N3O2. The number of hydrogen-bond acceptors (Lipinski definition) is 4. The summed E-state index contributed by atoms with van der Waals surface area (Å²) in [6.07, 6.45) is 3.33. The zero-order chi connectivity index (χ0) is 19.8. The van der Waals surface area contributed by atoms with E-state index in [4.69, 9.17) is 4.74 Å². The number of rotatable bonds is 8. The highest BCUT2D eigenvalue weighted by atomic mass is 16.5. The molecule has 0 bridgehead atoms. The number of hydrogen-bond donors (Lipinski definition) is 2. The third-order valence-electron chi connectivity index (χ3n) is 4.54. The van der Waals surface area contributed by atoms with Gasteiger partial charge in [0.05, 0.1) is 7.11 Å². The molecule has 0 radical (unpaired) electrons. The van der Waals surface area contributed by atoms with Crippen molar-refractivity contribution in [2.24, 2.45) is 0 Å². The zero-order valence-corrected chi connectivity index (χ0v) is 16.2. The van der Waals surface area contributed by atoms with Crippen LogP contribution in [0.1, 0.15) is 28.4 Å². The van der Waals surface area contributed by atoms with E-state index < -0.39 is 0 Å². The fourth-order valence-corrected chi connectivity index (χ4v) is 2.94. The van der Waals surface area contributed by atoms with Crippen LogP contribution in [0.2, 0.25) is 0 Å². The number of nitrogens with one attached hydrogen (secondary N) is 2. The maximum absolute atomic E-state index is 12.5. The number of anilines is 2.